The van der Waals surface area contributed by atoms with Gasteiger partial charge in [0.15, 0.2) is 0 Å². The molecule has 2 rings (SSSR count). The maximum absolute atomic E-state index is 11.6. The number of carboxylic acid groups (broad SMARTS) is 1. The Morgan fingerprint density at radius 1 is 1.03 bits per heavy atom. The summed E-state index contributed by atoms with van der Waals surface area (Å²) in [5.74, 6) is -0.581. The second kappa shape index (κ2) is 11.5. The zero-order valence-corrected chi connectivity index (χ0v) is 18.2. The molecule has 0 aromatic heterocycles. The summed E-state index contributed by atoms with van der Waals surface area (Å²) in [5, 5.41) is 12.2. The van der Waals surface area contributed by atoms with Gasteiger partial charge in [0.05, 0.1) is 16.9 Å². The van der Waals surface area contributed by atoms with Crippen LogP contribution in [0.4, 0.5) is 11.4 Å². The molecule has 0 heterocycles. The number of aromatic carboxylic acids is 1. The highest BCUT2D eigenvalue weighted by atomic mass is 32.2. The normalized spacial score (nSPS) is 10.6. The van der Waals surface area contributed by atoms with E-state index in [1.165, 1.54) is 10.6 Å². The Morgan fingerprint density at radius 3 is 2.34 bits per heavy atom. The number of hydrogen-bond donors (Lipinski definition) is 2. The lowest BCUT2D eigenvalue weighted by Gasteiger charge is -2.26. The first-order valence-corrected chi connectivity index (χ1v) is 11.1. The van der Waals surface area contributed by atoms with Crippen LogP contribution in [0.2, 0.25) is 0 Å². The molecule has 0 unspecified atom stereocenters. The third kappa shape index (κ3) is 6.53. The van der Waals surface area contributed by atoms with Crippen molar-refractivity contribution in [1.82, 2.24) is 0 Å². The minimum absolute atomic E-state index is 0.122. The first kappa shape index (κ1) is 22.8. The number of hydrogen-bond acceptors (Lipinski definition) is 4. The van der Waals surface area contributed by atoms with Gasteiger partial charge in [-0.3, -0.25) is 4.79 Å². The first-order chi connectivity index (χ1) is 14.0. The van der Waals surface area contributed by atoms with Crippen LogP contribution in [-0.2, 0) is 10.5 Å². The van der Waals surface area contributed by atoms with Crippen LogP contribution in [0.15, 0.2) is 47.4 Å². The molecule has 29 heavy (non-hydrogen) atoms. The topological polar surface area (TPSA) is 69.6 Å². The highest BCUT2D eigenvalue weighted by Crippen LogP contribution is 2.33. The standard InChI is InChI=1S/C23H30N2O3S/c1-4-13-25(14-5-2)20-9-7-8-10-21(20)29-16-17-11-12-19(24-22(26)6-3)18(15-17)23(27)28/h7-12,15H,4-6,13-14,16H2,1-3H3,(H,24,26)(H,27,28). The number of rotatable bonds is 11. The van der Waals surface area contributed by atoms with Gasteiger partial charge in [-0.1, -0.05) is 39.0 Å². The Balaban J connectivity index is 2.20. The molecule has 0 bridgehead atoms. The van der Waals surface area contributed by atoms with Crippen molar-refractivity contribution in [2.24, 2.45) is 0 Å². The molecule has 5 nitrogen and oxygen atoms in total. The Bertz CT molecular complexity index is 833. The number of amides is 1. The molecule has 0 atom stereocenters. The third-order valence-electron chi connectivity index (χ3n) is 4.50. The molecule has 0 radical (unpaired) electrons. The average molecular weight is 415 g/mol. The summed E-state index contributed by atoms with van der Waals surface area (Å²) < 4.78 is 0. The van der Waals surface area contributed by atoms with Crippen LogP contribution in [0.5, 0.6) is 0 Å². The van der Waals surface area contributed by atoms with E-state index < -0.39 is 5.97 Å². The van der Waals surface area contributed by atoms with Crippen LogP contribution in [0.25, 0.3) is 0 Å². The first-order valence-electron chi connectivity index (χ1n) is 10.1. The molecule has 2 aromatic carbocycles. The molecule has 0 saturated carbocycles. The largest absolute Gasteiger partial charge is 0.478 e. The molecule has 1 amide bonds. The van der Waals surface area contributed by atoms with Gasteiger partial charge in [0.1, 0.15) is 0 Å². The van der Waals surface area contributed by atoms with E-state index in [9.17, 15) is 14.7 Å². The maximum Gasteiger partial charge on any atom is 0.337 e. The zero-order valence-electron chi connectivity index (χ0n) is 17.4. The zero-order chi connectivity index (χ0) is 21.2. The van der Waals surface area contributed by atoms with E-state index in [1.54, 1.807) is 30.8 Å². The Kier molecular flexibility index (Phi) is 9.06. The minimum atomic E-state index is -1.04. The van der Waals surface area contributed by atoms with Crippen molar-refractivity contribution in [1.29, 1.82) is 0 Å². The molecule has 0 spiro atoms. The van der Waals surface area contributed by atoms with Gasteiger partial charge in [0.2, 0.25) is 5.91 Å². The second-order valence-corrected chi connectivity index (χ2v) is 7.85. The van der Waals surface area contributed by atoms with Gasteiger partial charge in [-0.05, 0) is 42.7 Å². The number of para-hydroxylation sites is 1. The van der Waals surface area contributed by atoms with Crippen LogP contribution >= 0.6 is 11.8 Å². The van der Waals surface area contributed by atoms with Crippen molar-refractivity contribution in [2.75, 3.05) is 23.3 Å². The van der Waals surface area contributed by atoms with Crippen molar-refractivity contribution in [3.8, 4) is 0 Å². The molecular formula is C23H30N2O3S. The molecule has 0 aliphatic heterocycles. The molecule has 0 fully saturated rings. The predicted molar refractivity (Wildman–Crippen MR) is 121 cm³/mol. The van der Waals surface area contributed by atoms with E-state index in [0.717, 1.165) is 31.5 Å². The predicted octanol–water partition coefficient (Wildman–Crippen LogP) is 5.65. The fraction of sp³-hybridized carbons (Fsp3) is 0.391. The van der Waals surface area contributed by atoms with E-state index >= 15 is 0 Å². The summed E-state index contributed by atoms with van der Waals surface area (Å²) in [4.78, 5) is 26.9. The van der Waals surface area contributed by atoms with Crippen molar-refractivity contribution < 1.29 is 14.7 Å². The van der Waals surface area contributed by atoms with Gasteiger partial charge in [0, 0.05) is 30.2 Å². The summed E-state index contributed by atoms with van der Waals surface area (Å²) in [6, 6.07) is 13.6. The fourth-order valence-electron chi connectivity index (χ4n) is 3.10. The summed E-state index contributed by atoms with van der Waals surface area (Å²) in [6.45, 7) is 8.13. The SMILES string of the molecule is CCCN(CCC)c1ccccc1SCc1ccc(NC(=O)CC)c(C(=O)O)c1. The monoisotopic (exact) mass is 414 g/mol. The lowest BCUT2D eigenvalue weighted by atomic mass is 10.1. The molecule has 0 saturated heterocycles. The number of nitrogens with one attached hydrogen (secondary N) is 1. The summed E-state index contributed by atoms with van der Waals surface area (Å²) >= 11 is 1.70. The van der Waals surface area contributed by atoms with Gasteiger partial charge >= 0.3 is 5.97 Å². The van der Waals surface area contributed by atoms with Crippen molar-refractivity contribution >= 4 is 35.0 Å². The average Bonchev–Trinajstić information content (AvgIpc) is 2.72. The maximum atomic E-state index is 11.6. The van der Waals surface area contributed by atoms with Crippen LogP contribution in [0.1, 0.15) is 56.0 Å². The summed E-state index contributed by atoms with van der Waals surface area (Å²) in [7, 11) is 0. The van der Waals surface area contributed by atoms with Crippen LogP contribution < -0.4 is 10.2 Å². The lowest BCUT2D eigenvalue weighted by molar-refractivity contribution is -0.115. The molecule has 6 heteroatoms. The van der Waals surface area contributed by atoms with Crippen LogP contribution in [-0.4, -0.2) is 30.1 Å². The number of anilines is 2. The minimum Gasteiger partial charge on any atom is -0.478 e. The van der Waals surface area contributed by atoms with Crippen molar-refractivity contribution in [3.63, 3.8) is 0 Å². The molecule has 2 aromatic rings. The Hall–Kier alpha value is -2.47. The molecule has 156 valence electrons. The third-order valence-corrected chi connectivity index (χ3v) is 5.63. The van der Waals surface area contributed by atoms with Crippen LogP contribution in [0.3, 0.4) is 0 Å². The van der Waals surface area contributed by atoms with E-state index in [4.69, 9.17) is 0 Å². The van der Waals surface area contributed by atoms with E-state index in [-0.39, 0.29) is 11.5 Å². The molecule has 2 N–H and O–H groups in total. The summed E-state index contributed by atoms with van der Waals surface area (Å²) in [6.07, 6.45) is 2.48. The Morgan fingerprint density at radius 2 is 1.72 bits per heavy atom. The number of nitrogens with zero attached hydrogens (tertiary/aromatic N) is 1. The molecule has 0 aliphatic rings. The number of carboxylic acids is 1. The van der Waals surface area contributed by atoms with E-state index in [1.807, 2.05) is 12.1 Å². The molecule has 0 aliphatic carbocycles. The van der Waals surface area contributed by atoms with E-state index in [2.05, 4.69) is 42.3 Å². The highest BCUT2D eigenvalue weighted by molar-refractivity contribution is 7.98. The second-order valence-electron chi connectivity index (χ2n) is 6.83. The van der Waals surface area contributed by atoms with Crippen LogP contribution in [0, 0.1) is 0 Å². The lowest BCUT2D eigenvalue weighted by Crippen LogP contribution is -2.25. The van der Waals surface area contributed by atoms with Crippen molar-refractivity contribution in [2.45, 2.75) is 50.7 Å². The van der Waals surface area contributed by atoms with E-state index in [0.29, 0.717) is 17.9 Å². The highest BCUT2D eigenvalue weighted by Gasteiger charge is 2.14. The summed E-state index contributed by atoms with van der Waals surface area (Å²) in [5.41, 5.74) is 2.60. The van der Waals surface area contributed by atoms with Gasteiger partial charge in [-0.2, -0.15) is 0 Å². The number of thioether (sulfide) groups is 1. The van der Waals surface area contributed by atoms with Gasteiger partial charge in [-0.15, -0.1) is 11.8 Å². The fourth-order valence-corrected chi connectivity index (χ4v) is 4.12. The van der Waals surface area contributed by atoms with Gasteiger partial charge in [-0.25, -0.2) is 4.79 Å². The van der Waals surface area contributed by atoms with Crippen molar-refractivity contribution in [3.05, 3.63) is 53.6 Å². The number of carbonyl (C=O) groups is 2. The number of benzene rings is 2. The van der Waals surface area contributed by atoms with Gasteiger partial charge in [0.25, 0.3) is 0 Å². The molecular weight excluding hydrogens is 384 g/mol. The Labute approximate surface area is 177 Å². The quantitative estimate of drug-likeness (QED) is 0.465. The number of carbonyl (C=O) groups excluding carboxylic acids is 1. The smallest absolute Gasteiger partial charge is 0.337 e. The van der Waals surface area contributed by atoms with Gasteiger partial charge < -0.3 is 15.3 Å².